The number of nitrogens with one attached hydrogen (secondary N) is 4. The molecule has 4 atom stereocenters. The van der Waals surface area contributed by atoms with E-state index in [0.717, 1.165) is 18.7 Å². The Labute approximate surface area is 157 Å². The van der Waals surface area contributed by atoms with Crippen LogP contribution in [-0.2, 0) is 14.3 Å². The number of rotatable bonds is 4. The standard InChI is InChI=1S/C16H27N5O4S/c1-9(2)25-16(24)20-14(23)11-4-6-26-15(11)19-13(22)10-7-17-12-3-5-18-21(12)8-10/h9-12,15,17-18H,3-8H2,1-2H3,(H,19,22)(H,20,23,24). The van der Waals surface area contributed by atoms with Gasteiger partial charge in [0.25, 0.3) is 0 Å². The summed E-state index contributed by atoms with van der Waals surface area (Å²) in [5.41, 5.74) is 3.27. The van der Waals surface area contributed by atoms with Crippen LogP contribution in [0, 0.1) is 11.8 Å². The van der Waals surface area contributed by atoms with Gasteiger partial charge < -0.3 is 10.1 Å². The second kappa shape index (κ2) is 8.55. The third-order valence-electron chi connectivity index (χ3n) is 4.78. The van der Waals surface area contributed by atoms with E-state index in [4.69, 9.17) is 4.74 Å². The summed E-state index contributed by atoms with van der Waals surface area (Å²) < 4.78 is 4.95. The number of fused-ring (bicyclic) bond motifs is 1. The zero-order chi connectivity index (χ0) is 18.7. The van der Waals surface area contributed by atoms with Crippen LogP contribution in [0.4, 0.5) is 4.79 Å². The Balaban J connectivity index is 1.50. The van der Waals surface area contributed by atoms with E-state index in [1.54, 1.807) is 13.8 Å². The highest BCUT2D eigenvalue weighted by Gasteiger charge is 2.39. The van der Waals surface area contributed by atoms with Crippen molar-refractivity contribution in [1.29, 1.82) is 0 Å². The fourth-order valence-electron chi connectivity index (χ4n) is 3.47. The third kappa shape index (κ3) is 4.67. The lowest BCUT2D eigenvalue weighted by Crippen LogP contribution is -2.59. The topological polar surface area (TPSA) is 112 Å². The fraction of sp³-hybridized carbons (Fsp3) is 0.812. The molecule has 0 aliphatic carbocycles. The first-order valence-electron chi connectivity index (χ1n) is 9.11. The maximum atomic E-state index is 12.6. The lowest BCUT2D eigenvalue weighted by Gasteiger charge is -2.35. The largest absolute Gasteiger partial charge is 0.447 e. The highest BCUT2D eigenvalue weighted by atomic mass is 32.2. The van der Waals surface area contributed by atoms with Gasteiger partial charge in [-0.2, -0.15) is 0 Å². The Morgan fingerprint density at radius 3 is 2.81 bits per heavy atom. The number of nitrogens with zero attached hydrogens (tertiary/aromatic N) is 1. The number of ether oxygens (including phenoxy) is 1. The van der Waals surface area contributed by atoms with E-state index < -0.39 is 17.9 Å². The van der Waals surface area contributed by atoms with Gasteiger partial charge in [-0.05, 0) is 32.4 Å². The van der Waals surface area contributed by atoms with Crippen molar-refractivity contribution in [2.75, 3.05) is 25.4 Å². The quantitative estimate of drug-likeness (QED) is 0.517. The minimum Gasteiger partial charge on any atom is -0.447 e. The number of imide groups is 1. The Bertz CT molecular complexity index is 561. The molecule has 0 spiro atoms. The first-order valence-corrected chi connectivity index (χ1v) is 10.2. The van der Waals surface area contributed by atoms with Gasteiger partial charge in [0.05, 0.1) is 29.5 Å². The van der Waals surface area contributed by atoms with Gasteiger partial charge in [0.1, 0.15) is 0 Å². The van der Waals surface area contributed by atoms with E-state index in [-0.39, 0.29) is 23.3 Å². The van der Waals surface area contributed by atoms with Crippen LogP contribution in [0.3, 0.4) is 0 Å². The molecule has 0 radical (unpaired) electrons. The van der Waals surface area contributed by atoms with Gasteiger partial charge in [-0.15, -0.1) is 11.8 Å². The van der Waals surface area contributed by atoms with E-state index in [2.05, 4.69) is 26.4 Å². The number of hydrogen-bond acceptors (Lipinski definition) is 8. The fourth-order valence-corrected chi connectivity index (χ4v) is 4.80. The highest BCUT2D eigenvalue weighted by Crippen LogP contribution is 2.31. The number of amides is 3. The van der Waals surface area contributed by atoms with E-state index >= 15 is 0 Å². The number of carbonyl (C=O) groups excluding carboxylic acids is 3. The summed E-state index contributed by atoms with van der Waals surface area (Å²) in [5.74, 6) is -0.299. The second-order valence-electron chi connectivity index (χ2n) is 7.11. The minimum atomic E-state index is -0.741. The molecule has 10 heteroatoms. The molecule has 146 valence electrons. The minimum absolute atomic E-state index is 0.0633. The molecule has 9 nitrogen and oxygen atoms in total. The molecule has 0 aromatic rings. The molecule has 3 rings (SSSR count). The first-order chi connectivity index (χ1) is 12.4. The maximum absolute atomic E-state index is 12.6. The van der Waals surface area contributed by atoms with Crippen molar-refractivity contribution >= 4 is 29.7 Å². The van der Waals surface area contributed by atoms with Crippen molar-refractivity contribution in [2.45, 2.75) is 44.3 Å². The normalized spacial score (nSPS) is 31.5. The third-order valence-corrected chi connectivity index (χ3v) is 6.05. The smallest absolute Gasteiger partial charge is 0.414 e. The summed E-state index contributed by atoms with van der Waals surface area (Å²) in [7, 11) is 0. The number of alkyl carbamates (subject to hydrolysis) is 1. The molecule has 3 aliphatic heterocycles. The van der Waals surface area contributed by atoms with Gasteiger partial charge in [-0.3, -0.25) is 25.6 Å². The van der Waals surface area contributed by atoms with Gasteiger partial charge in [0.15, 0.2) is 0 Å². The summed E-state index contributed by atoms with van der Waals surface area (Å²) in [6.45, 7) is 5.63. The molecule has 4 unspecified atom stereocenters. The van der Waals surface area contributed by atoms with Crippen LogP contribution in [0.1, 0.15) is 26.7 Å². The summed E-state index contributed by atoms with van der Waals surface area (Å²) in [5, 5.41) is 10.4. The molecular formula is C16H27N5O4S. The average Bonchev–Trinajstić information content (AvgIpc) is 3.21. The molecule has 0 saturated carbocycles. The van der Waals surface area contributed by atoms with Gasteiger partial charge in [0, 0.05) is 19.6 Å². The Kier molecular flexibility index (Phi) is 6.38. The molecule has 3 fully saturated rings. The molecule has 0 aromatic carbocycles. The molecule has 26 heavy (non-hydrogen) atoms. The van der Waals surface area contributed by atoms with Gasteiger partial charge in [-0.25, -0.2) is 9.80 Å². The maximum Gasteiger partial charge on any atom is 0.414 e. The van der Waals surface area contributed by atoms with Crippen LogP contribution in [0.5, 0.6) is 0 Å². The summed E-state index contributed by atoms with van der Waals surface area (Å²) in [4.78, 5) is 36.6. The van der Waals surface area contributed by atoms with Crippen LogP contribution < -0.4 is 21.4 Å². The van der Waals surface area contributed by atoms with Crippen molar-refractivity contribution < 1.29 is 19.1 Å². The van der Waals surface area contributed by atoms with Crippen molar-refractivity contribution in [2.24, 2.45) is 11.8 Å². The van der Waals surface area contributed by atoms with Crippen molar-refractivity contribution in [1.82, 2.24) is 26.4 Å². The monoisotopic (exact) mass is 385 g/mol. The van der Waals surface area contributed by atoms with Gasteiger partial charge in [-0.1, -0.05) is 0 Å². The Hall–Kier alpha value is -1.36. The first kappa shape index (κ1) is 19.4. The summed E-state index contributed by atoms with van der Waals surface area (Å²) in [6.07, 6.45) is 0.912. The lowest BCUT2D eigenvalue weighted by atomic mass is 10.0. The van der Waals surface area contributed by atoms with E-state index in [9.17, 15) is 14.4 Å². The molecular weight excluding hydrogens is 358 g/mol. The molecule has 0 aromatic heterocycles. The number of carbonyl (C=O) groups is 3. The van der Waals surface area contributed by atoms with Crippen LogP contribution in [0.15, 0.2) is 0 Å². The van der Waals surface area contributed by atoms with Crippen molar-refractivity contribution in [3.8, 4) is 0 Å². The van der Waals surface area contributed by atoms with Crippen LogP contribution in [0.25, 0.3) is 0 Å². The van der Waals surface area contributed by atoms with E-state index in [1.807, 2.05) is 0 Å². The van der Waals surface area contributed by atoms with Gasteiger partial charge >= 0.3 is 6.09 Å². The van der Waals surface area contributed by atoms with Crippen LogP contribution in [-0.4, -0.2) is 65.9 Å². The molecule has 0 bridgehead atoms. The van der Waals surface area contributed by atoms with Crippen LogP contribution >= 0.6 is 11.8 Å². The van der Waals surface area contributed by atoms with Crippen LogP contribution in [0.2, 0.25) is 0 Å². The predicted octanol–water partition coefficient (Wildman–Crippen LogP) is -0.401. The van der Waals surface area contributed by atoms with Crippen molar-refractivity contribution in [3.63, 3.8) is 0 Å². The van der Waals surface area contributed by atoms with Gasteiger partial charge in [0.2, 0.25) is 11.8 Å². The number of hydrazine groups is 1. The zero-order valence-corrected chi connectivity index (χ0v) is 15.9. The molecule has 3 aliphatic rings. The predicted molar refractivity (Wildman–Crippen MR) is 96.9 cm³/mol. The average molecular weight is 385 g/mol. The second-order valence-corrected chi connectivity index (χ2v) is 8.36. The summed E-state index contributed by atoms with van der Waals surface area (Å²) >= 11 is 1.54. The molecule has 3 heterocycles. The van der Waals surface area contributed by atoms with E-state index in [1.165, 1.54) is 11.8 Å². The number of hydrogen-bond donors (Lipinski definition) is 4. The van der Waals surface area contributed by atoms with E-state index in [0.29, 0.717) is 25.7 Å². The molecule has 4 N–H and O–H groups in total. The lowest BCUT2D eigenvalue weighted by molar-refractivity contribution is -0.128. The summed E-state index contributed by atoms with van der Waals surface area (Å²) in [6, 6.07) is 0. The Morgan fingerprint density at radius 2 is 2.04 bits per heavy atom. The molecule has 3 amide bonds. The SMILES string of the molecule is CC(C)OC(=O)NC(=O)C1CCSC1NC(=O)C1CNC2CCNN2C1. The Morgan fingerprint density at radius 1 is 1.23 bits per heavy atom. The number of thioether (sulfide) groups is 1. The van der Waals surface area contributed by atoms with Crippen molar-refractivity contribution in [3.05, 3.63) is 0 Å². The molecule has 3 saturated heterocycles. The zero-order valence-electron chi connectivity index (χ0n) is 15.1. The highest BCUT2D eigenvalue weighted by molar-refractivity contribution is 8.00.